The first-order chi connectivity index (χ1) is 16.7. The molecule has 0 unspecified atom stereocenters. The summed E-state index contributed by atoms with van der Waals surface area (Å²) in [4.78, 5) is 40.2. The molecule has 7 nitrogen and oxygen atoms in total. The maximum Gasteiger partial charge on any atom is 0.279 e. The van der Waals surface area contributed by atoms with Crippen molar-refractivity contribution in [3.8, 4) is 5.75 Å². The number of aromatic nitrogens is 1. The molecule has 35 heavy (non-hydrogen) atoms. The van der Waals surface area contributed by atoms with Gasteiger partial charge in [0.05, 0.1) is 11.7 Å². The summed E-state index contributed by atoms with van der Waals surface area (Å²) in [6, 6.07) is 6.04. The predicted octanol–water partition coefficient (Wildman–Crippen LogP) is 3.36. The Morgan fingerprint density at radius 1 is 1.17 bits per heavy atom. The molecule has 3 heterocycles. The van der Waals surface area contributed by atoms with E-state index in [1.54, 1.807) is 6.07 Å². The number of nitrogens with one attached hydrogen (secondary N) is 1. The molecule has 0 aliphatic carbocycles. The maximum atomic E-state index is 14.3. The van der Waals surface area contributed by atoms with Crippen molar-refractivity contribution >= 4 is 17.5 Å². The van der Waals surface area contributed by atoms with Crippen LogP contribution in [0.4, 0.5) is 18.9 Å². The summed E-state index contributed by atoms with van der Waals surface area (Å²) in [5, 5.41) is 13.1. The van der Waals surface area contributed by atoms with Crippen molar-refractivity contribution in [2.24, 2.45) is 0 Å². The van der Waals surface area contributed by atoms with E-state index in [4.69, 9.17) is 0 Å². The summed E-state index contributed by atoms with van der Waals surface area (Å²) in [6.45, 7) is 1.13. The van der Waals surface area contributed by atoms with Crippen LogP contribution in [0, 0.1) is 24.4 Å². The zero-order valence-corrected chi connectivity index (χ0v) is 18.6. The molecule has 0 radical (unpaired) electrons. The molecule has 2 N–H and O–H groups in total. The zero-order chi connectivity index (χ0) is 25.0. The number of carbonyl (C=O) groups excluding carboxylic acids is 2. The van der Waals surface area contributed by atoms with E-state index in [1.165, 1.54) is 40.8 Å². The minimum absolute atomic E-state index is 0.0270. The van der Waals surface area contributed by atoms with E-state index in [0.29, 0.717) is 18.5 Å². The first kappa shape index (κ1) is 22.7. The molecule has 180 valence electrons. The standard InChI is InChI=1S/C25H20F3N3O4/c1-12-18(27)7-4-14(20(12)28)9-29-24(34)17-11-30-16-6-3-13-2-5-15(26)8-19(13)31(10-16)25(35)21(30)23(33)22(17)32/h2,4-5,7-8,11,16,33H,3,6,9-10H2,1H3,(H,29,34)/t16-/m0/s1. The van der Waals surface area contributed by atoms with Crippen LogP contribution in [0.2, 0.25) is 0 Å². The van der Waals surface area contributed by atoms with Gasteiger partial charge in [-0.2, -0.15) is 0 Å². The second-order valence-electron chi connectivity index (χ2n) is 8.69. The first-order valence-corrected chi connectivity index (χ1v) is 11.0. The lowest BCUT2D eigenvalue weighted by molar-refractivity contribution is 0.0929. The highest BCUT2D eigenvalue weighted by molar-refractivity contribution is 6.08. The SMILES string of the molecule is Cc1c(F)ccc(CNC(=O)c2cn3c(c(O)c2=O)C(=O)N2C[C@@H]3CCc3ccc(F)cc32)c1F. The van der Waals surface area contributed by atoms with Crippen molar-refractivity contribution in [2.75, 3.05) is 11.4 Å². The van der Waals surface area contributed by atoms with Gasteiger partial charge in [-0.3, -0.25) is 14.4 Å². The smallest absolute Gasteiger partial charge is 0.279 e. The normalized spacial score (nSPS) is 16.4. The highest BCUT2D eigenvalue weighted by Gasteiger charge is 2.38. The van der Waals surface area contributed by atoms with Crippen LogP contribution < -0.4 is 15.6 Å². The second kappa shape index (κ2) is 8.30. The fraction of sp³-hybridized carbons (Fsp3) is 0.240. The Bertz CT molecular complexity index is 1470. The Hall–Kier alpha value is -4.08. The third kappa shape index (κ3) is 3.65. The molecule has 2 aliphatic heterocycles. The molecule has 2 bridgehead atoms. The molecule has 2 aromatic carbocycles. The van der Waals surface area contributed by atoms with Gasteiger partial charge in [0.25, 0.3) is 11.8 Å². The second-order valence-corrected chi connectivity index (χ2v) is 8.69. The number of pyridine rings is 1. The number of fused-ring (bicyclic) bond motifs is 6. The summed E-state index contributed by atoms with van der Waals surface area (Å²) < 4.78 is 43.1. The van der Waals surface area contributed by atoms with E-state index >= 15 is 0 Å². The van der Waals surface area contributed by atoms with Crippen LogP contribution in [0.15, 0.2) is 41.3 Å². The van der Waals surface area contributed by atoms with Gasteiger partial charge in [-0.1, -0.05) is 12.1 Å². The predicted molar refractivity (Wildman–Crippen MR) is 120 cm³/mol. The van der Waals surface area contributed by atoms with Gasteiger partial charge in [0.2, 0.25) is 5.43 Å². The molecule has 10 heteroatoms. The highest BCUT2D eigenvalue weighted by Crippen LogP contribution is 2.37. The van der Waals surface area contributed by atoms with Crippen LogP contribution in [0.5, 0.6) is 5.75 Å². The van der Waals surface area contributed by atoms with E-state index in [-0.39, 0.29) is 36.0 Å². The van der Waals surface area contributed by atoms with Gasteiger partial charge in [-0.25, -0.2) is 13.2 Å². The van der Waals surface area contributed by atoms with Crippen molar-refractivity contribution in [3.63, 3.8) is 0 Å². The number of halogens is 3. The van der Waals surface area contributed by atoms with E-state index in [1.807, 2.05) is 0 Å². The van der Waals surface area contributed by atoms with Crippen LogP contribution in [0.1, 0.15) is 50.0 Å². The monoisotopic (exact) mass is 483 g/mol. The molecule has 2 amide bonds. The van der Waals surface area contributed by atoms with Crippen LogP contribution in [0.25, 0.3) is 0 Å². The minimum Gasteiger partial charge on any atom is -0.503 e. The summed E-state index contributed by atoms with van der Waals surface area (Å²) in [6.07, 6.45) is 2.25. The van der Waals surface area contributed by atoms with Gasteiger partial charge in [0.15, 0.2) is 11.4 Å². The highest BCUT2D eigenvalue weighted by atomic mass is 19.1. The van der Waals surface area contributed by atoms with Gasteiger partial charge < -0.3 is 19.9 Å². The Morgan fingerprint density at radius 3 is 2.71 bits per heavy atom. The number of anilines is 1. The maximum absolute atomic E-state index is 14.3. The van der Waals surface area contributed by atoms with E-state index in [2.05, 4.69) is 5.32 Å². The molecule has 0 fully saturated rings. The molecular weight excluding hydrogens is 463 g/mol. The first-order valence-electron chi connectivity index (χ1n) is 11.0. The summed E-state index contributed by atoms with van der Waals surface area (Å²) in [5.74, 6) is -4.49. The summed E-state index contributed by atoms with van der Waals surface area (Å²) in [7, 11) is 0. The number of benzene rings is 2. The Labute approximate surface area is 197 Å². The van der Waals surface area contributed by atoms with Gasteiger partial charge in [-0.05, 0) is 43.5 Å². The number of amides is 2. The fourth-order valence-electron chi connectivity index (χ4n) is 4.68. The molecule has 2 aliphatic rings. The third-order valence-electron chi connectivity index (χ3n) is 6.61. The summed E-state index contributed by atoms with van der Waals surface area (Å²) >= 11 is 0. The van der Waals surface area contributed by atoms with E-state index in [9.17, 15) is 32.7 Å². The van der Waals surface area contributed by atoms with E-state index < -0.39 is 46.0 Å². The van der Waals surface area contributed by atoms with Crippen LogP contribution in [-0.4, -0.2) is 28.0 Å². The number of aryl methyl sites for hydroxylation is 1. The Balaban J connectivity index is 1.50. The summed E-state index contributed by atoms with van der Waals surface area (Å²) in [5.41, 5.74) is -0.780. The number of rotatable bonds is 3. The molecule has 1 aromatic heterocycles. The average molecular weight is 483 g/mol. The molecular formula is C25H20F3N3O4. The molecule has 0 saturated carbocycles. The molecule has 5 rings (SSSR count). The molecule has 1 atom stereocenters. The number of hydrogen-bond donors (Lipinski definition) is 2. The van der Waals surface area contributed by atoms with Crippen molar-refractivity contribution in [1.82, 2.24) is 9.88 Å². The topological polar surface area (TPSA) is 91.6 Å². The van der Waals surface area contributed by atoms with Crippen molar-refractivity contribution in [3.05, 3.63) is 92.2 Å². The van der Waals surface area contributed by atoms with E-state index in [0.717, 1.165) is 11.6 Å². The third-order valence-corrected chi connectivity index (χ3v) is 6.61. The fourth-order valence-corrected chi connectivity index (χ4v) is 4.68. The molecule has 3 aromatic rings. The number of aromatic hydroxyl groups is 1. The van der Waals surface area contributed by atoms with Gasteiger partial charge in [0.1, 0.15) is 23.0 Å². The Kier molecular flexibility index (Phi) is 5.38. The van der Waals surface area contributed by atoms with Gasteiger partial charge >= 0.3 is 0 Å². The lowest BCUT2D eigenvalue weighted by Gasteiger charge is -2.35. The zero-order valence-electron chi connectivity index (χ0n) is 18.6. The number of hydrogen-bond acceptors (Lipinski definition) is 4. The molecule has 0 saturated heterocycles. The van der Waals surface area contributed by atoms with Crippen LogP contribution in [-0.2, 0) is 13.0 Å². The lowest BCUT2D eigenvalue weighted by atomic mass is 10.0. The Morgan fingerprint density at radius 2 is 1.94 bits per heavy atom. The number of nitrogens with zero attached hydrogens (tertiary/aromatic N) is 2. The van der Waals surface area contributed by atoms with Gasteiger partial charge in [0, 0.05) is 30.4 Å². The van der Waals surface area contributed by atoms with Crippen molar-refractivity contribution in [1.29, 1.82) is 0 Å². The molecule has 0 spiro atoms. The van der Waals surface area contributed by atoms with Crippen molar-refractivity contribution in [2.45, 2.75) is 32.4 Å². The largest absolute Gasteiger partial charge is 0.503 e. The lowest BCUT2D eigenvalue weighted by Crippen LogP contribution is -2.44. The van der Waals surface area contributed by atoms with Gasteiger partial charge in [-0.15, -0.1) is 0 Å². The quantitative estimate of drug-likeness (QED) is 0.598. The average Bonchev–Trinajstić information content (AvgIpc) is 3.00. The van der Waals surface area contributed by atoms with Crippen LogP contribution in [0.3, 0.4) is 0 Å². The number of carbonyl (C=O) groups is 2. The minimum atomic E-state index is -1.06. The van der Waals surface area contributed by atoms with Crippen LogP contribution >= 0.6 is 0 Å². The van der Waals surface area contributed by atoms with Crippen molar-refractivity contribution < 1.29 is 27.9 Å².